The lowest BCUT2D eigenvalue weighted by Gasteiger charge is -2.32. The van der Waals surface area contributed by atoms with Crippen molar-refractivity contribution in [1.82, 2.24) is 4.90 Å². The molecule has 27 heavy (non-hydrogen) atoms. The van der Waals surface area contributed by atoms with Gasteiger partial charge in [0.25, 0.3) is 5.91 Å². The number of methoxy groups -OCH3 is 1. The van der Waals surface area contributed by atoms with E-state index in [2.05, 4.69) is 0 Å². The highest BCUT2D eigenvalue weighted by molar-refractivity contribution is 6.30. The van der Waals surface area contributed by atoms with Crippen molar-refractivity contribution in [3.63, 3.8) is 0 Å². The Kier molecular flexibility index (Phi) is 4.66. The van der Waals surface area contributed by atoms with E-state index in [1.807, 2.05) is 18.2 Å². The number of anilines is 1. The first kappa shape index (κ1) is 17.7. The Balaban J connectivity index is 1.71. The van der Waals surface area contributed by atoms with Crippen molar-refractivity contribution in [3.8, 4) is 5.75 Å². The Labute approximate surface area is 162 Å². The molecule has 2 aromatic rings. The number of ether oxygens (including phenoxy) is 2. The molecule has 2 aliphatic heterocycles. The van der Waals surface area contributed by atoms with Crippen molar-refractivity contribution < 1.29 is 19.1 Å². The molecule has 0 spiro atoms. The summed E-state index contributed by atoms with van der Waals surface area (Å²) in [5.41, 5.74) is 2.19. The van der Waals surface area contributed by atoms with Gasteiger partial charge in [-0.15, -0.1) is 0 Å². The highest BCUT2D eigenvalue weighted by Gasteiger charge is 2.37. The molecule has 2 amide bonds. The normalized spacial score (nSPS) is 18.9. The Bertz CT molecular complexity index is 884. The molecule has 4 rings (SSSR count). The highest BCUT2D eigenvalue weighted by atomic mass is 35.5. The first-order chi connectivity index (χ1) is 13.1. The minimum Gasteiger partial charge on any atom is -0.497 e. The van der Waals surface area contributed by atoms with E-state index in [4.69, 9.17) is 21.1 Å². The van der Waals surface area contributed by atoms with Crippen molar-refractivity contribution >= 4 is 29.3 Å². The lowest BCUT2D eigenvalue weighted by atomic mass is 10.0. The van der Waals surface area contributed by atoms with Gasteiger partial charge in [-0.25, -0.2) is 4.79 Å². The molecule has 0 aliphatic carbocycles. The van der Waals surface area contributed by atoms with E-state index in [9.17, 15) is 9.59 Å². The van der Waals surface area contributed by atoms with Gasteiger partial charge in [-0.05, 0) is 54.4 Å². The predicted molar refractivity (Wildman–Crippen MR) is 101 cm³/mol. The van der Waals surface area contributed by atoms with Gasteiger partial charge in [0.05, 0.1) is 18.8 Å². The first-order valence-corrected chi connectivity index (χ1v) is 9.12. The van der Waals surface area contributed by atoms with E-state index >= 15 is 0 Å². The van der Waals surface area contributed by atoms with Crippen LogP contribution in [0.2, 0.25) is 5.02 Å². The van der Waals surface area contributed by atoms with Crippen LogP contribution >= 0.6 is 11.6 Å². The number of rotatable bonds is 2. The molecule has 1 unspecified atom stereocenters. The molecule has 0 N–H and O–H groups in total. The predicted octanol–water partition coefficient (Wildman–Crippen LogP) is 3.72. The number of hydrogen-bond donors (Lipinski definition) is 0. The quantitative estimate of drug-likeness (QED) is 0.789. The third-order valence-electron chi connectivity index (χ3n) is 4.98. The number of nitrogens with zero attached hydrogens (tertiary/aromatic N) is 2. The summed E-state index contributed by atoms with van der Waals surface area (Å²) in [5.74, 6) is 0.608. The van der Waals surface area contributed by atoms with Gasteiger partial charge in [0, 0.05) is 23.7 Å². The second kappa shape index (κ2) is 7.12. The zero-order valence-corrected chi connectivity index (χ0v) is 15.6. The zero-order chi connectivity index (χ0) is 19.0. The number of carbonyl (C=O) groups is 2. The van der Waals surface area contributed by atoms with E-state index in [1.165, 1.54) is 0 Å². The fourth-order valence-corrected chi connectivity index (χ4v) is 3.68. The summed E-state index contributed by atoms with van der Waals surface area (Å²) < 4.78 is 10.6. The molecular weight excluding hydrogens is 368 g/mol. The second-order valence-corrected chi connectivity index (χ2v) is 7.05. The van der Waals surface area contributed by atoms with Gasteiger partial charge in [0.1, 0.15) is 12.4 Å². The number of cyclic esters (lactones) is 1. The Morgan fingerprint density at radius 3 is 2.74 bits per heavy atom. The maximum absolute atomic E-state index is 13.0. The summed E-state index contributed by atoms with van der Waals surface area (Å²) in [6.45, 7) is 1.23. The highest BCUT2D eigenvalue weighted by Crippen LogP contribution is 2.34. The molecule has 1 atom stereocenters. The van der Waals surface area contributed by atoms with Crippen molar-refractivity contribution in [2.75, 3.05) is 25.2 Å². The van der Waals surface area contributed by atoms with Crippen LogP contribution < -0.4 is 9.64 Å². The van der Waals surface area contributed by atoms with Crippen LogP contribution in [-0.2, 0) is 11.3 Å². The summed E-state index contributed by atoms with van der Waals surface area (Å²) in [5, 5.41) is 0.589. The molecule has 0 radical (unpaired) electrons. The summed E-state index contributed by atoms with van der Waals surface area (Å²) in [7, 11) is 1.59. The fourth-order valence-electron chi connectivity index (χ4n) is 3.56. The van der Waals surface area contributed by atoms with Crippen LogP contribution in [0.25, 0.3) is 0 Å². The molecule has 6 nitrogen and oxygen atoms in total. The SMILES string of the molecule is COc1ccc2c(c1)CN(C(=O)c1ccc(Cl)cc1)CCC1COC(=O)N21. The lowest BCUT2D eigenvalue weighted by molar-refractivity contribution is 0.0734. The fraction of sp³-hybridized carbons (Fsp3) is 0.300. The summed E-state index contributed by atoms with van der Waals surface area (Å²) in [6.07, 6.45) is 0.306. The van der Waals surface area contributed by atoms with Crippen molar-refractivity contribution in [2.45, 2.75) is 19.0 Å². The average molecular weight is 387 g/mol. The van der Waals surface area contributed by atoms with Crippen LogP contribution in [0, 0.1) is 0 Å². The van der Waals surface area contributed by atoms with Crippen LogP contribution in [0.15, 0.2) is 42.5 Å². The lowest BCUT2D eigenvalue weighted by Crippen LogP contribution is -2.42. The number of amides is 2. The van der Waals surface area contributed by atoms with Crippen LogP contribution in [0.4, 0.5) is 10.5 Å². The number of hydrogen-bond acceptors (Lipinski definition) is 4. The maximum Gasteiger partial charge on any atom is 0.414 e. The smallest absolute Gasteiger partial charge is 0.414 e. The van der Waals surface area contributed by atoms with E-state index in [-0.39, 0.29) is 18.0 Å². The number of fused-ring (bicyclic) bond motifs is 3. The summed E-state index contributed by atoms with van der Waals surface area (Å²) in [4.78, 5) is 28.8. The van der Waals surface area contributed by atoms with Gasteiger partial charge in [-0.2, -0.15) is 0 Å². The monoisotopic (exact) mass is 386 g/mol. The average Bonchev–Trinajstić information content (AvgIpc) is 3.03. The molecule has 0 saturated carbocycles. The summed E-state index contributed by atoms with van der Waals surface area (Å²) in [6, 6.07) is 12.3. The Morgan fingerprint density at radius 1 is 1.22 bits per heavy atom. The number of halogens is 1. The van der Waals surface area contributed by atoms with Crippen LogP contribution in [0.3, 0.4) is 0 Å². The molecular formula is C20H19ClN2O4. The van der Waals surface area contributed by atoms with E-state index in [0.717, 1.165) is 11.3 Å². The molecule has 2 aliphatic rings. The third-order valence-corrected chi connectivity index (χ3v) is 5.23. The van der Waals surface area contributed by atoms with Gasteiger partial charge in [-0.1, -0.05) is 11.6 Å². The number of benzene rings is 2. The minimum atomic E-state index is -0.344. The van der Waals surface area contributed by atoms with Crippen molar-refractivity contribution in [1.29, 1.82) is 0 Å². The molecule has 140 valence electrons. The van der Waals surface area contributed by atoms with Gasteiger partial charge in [-0.3, -0.25) is 9.69 Å². The topological polar surface area (TPSA) is 59.1 Å². The Morgan fingerprint density at radius 2 is 2.00 bits per heavy atom. The van der Waals surface area contributed by atoms with Gasteiger partial charge in [0.15, 0.2) is 0 Å². The molecule has 2 heterocycles. The van der Waals surface area contributed by atoms with Gasteiger partial charge < -0.3 is 14.4 Å². The zero-order valence-electron chi connectivity index (χ0n) is 14.9. The van der Waals surface area contributed by atoms with Gasteiger partial charge >= 0.3 is 6.09 Å². The molecule has 1 fully saturated rings. The molecule has 0 aromatic heterocycles. The van der Waals surface area contributed by atoms with E-state index < -0.39 is 0 Å². The summed E-state index contributed by atoms with van der Waals surface area (Å²) >= 11 is 5.93. The minimum absolute atomic E-state index is 0.0703. The largest absolute Gasteiger partial charge is 0.497 e. The van der Waals surface area contributed by atoms with Crippen LogP contribution in [-0.4, -0.2) is 43.2 Å². The van der Waals surface area contributed by atoms with Crippen molar-refractivity contribution in [2.24, 2.45) is 0 Å². The third kappa shape index (κ3) is 3.32. The molecule has 1 saturated heterocycles. The Hall–Kier alpha value is -2.73. The van der Waals surface area contributed by atoms with E-state index in [1.54, 1.807) is 41.2 Å². The first-order valence-electron chi connectivity index (χ1n) is 8.74. The van der Waals surface area contributed by atoms with Crippen LogP contribution in [0.5, 0.6) is 5.75 Å². The second-order valence-electron chi connectivity index (χ2n) is 6.62. The van der Waals surface area contributed by atoms with E-state index in [0.29, 0.717) is 42.5 Å². The molecule has 2 aromatic carbocycles. The van der Waals surface area contributed by atoms with Crippen LogP contribution in [0.1, 0.15) is 22.3 Å². The molecule has 7 heteroatoms. The van der Waals surface area contributed by atoms with Gasteiger partial charge in [0.2, 0.25) is 0 Å². The maximum atomic E-state index is 13.0. The molecule has 0 bridgehead atoms. The van der Waals surface area contributed by atoms with Crippen molar-refractivity contribution in [3.05, 3.63) is 58.6 Å². The number of carbonyl (C=O) groups excluding carboxylic acids is 2. The standard InChI is InChI=1S/C20H19ClN2O4/c1-26-17-6-7-18-14(10-17)11-22(9-8-16-12-27-20(25)23(16)18)19(24)13-2-4-15(21)5-3-13/h2-7,10,16H,8-9,11-12H2,1H3.